The molecule has 0 aliphatic carbocycles. The number of aliphatic hydroxyl groups is 5. The molecule has 0 radical (unpaired) electrons. The second-order valence-electron chi connectivity index (χ2n) is 10.7. The van der Waals surface area contributed by atoms with Crippen molar-refractivity contribution in [3.8, 4) is 34.3 Å². The van der Waals surface area contributed by atoms with Crippen molar-refractivity contribution in [1.82, 2.24) is 0 Å². The molecule has 5 rings (SSSR count). The maximum absolute atomic E-state index is 13.7. The Hall–Kier alpha value is -4.00. The number of esters is 1. The summed E-state index contributed by atoms with van der Waals surface area (Å²) in [7, 11) is 0. The lowest BCUT2D eigenvalue weighted by Crippen LogP contribution is -2.62. The summed E-state index contributed by atoms with van der Waals surface area (Å²) in [6.45, 7) is 1.83. The monoisotopic (exact) mass is 636 g/mol. The predicted molar refractivity (Wildman–Crippen MR) is 148 cm³/mol. The Balaban J connectivity index is 1.51. The Bertz CT molecular complexity index is 1590. The molecule has 2 aliphatic heterocycles. The Morgan fingerprint density at radius 3 is 2.20 bits per heavy atom. The summed E-state index contributed by atoms with van der Waals surface area (Å²) >= 11 is 0. The fraction of sp³-hybridized carbons (Fsp3) is 0.448. The number of aromatic hydroxyl groups is 3. The average molecular weight is 637 g/mol. The van der Waals surface area contributed by atoms with Crippen LogP contribution in [0.25, 0.3) is 22.3 Å². The van der Waals surface area contributed by atoms with E-state index in [4.69, 9.17) is 28.1 Å². The summed E-state index contributed by atoms with van der Waals surface area (Å²) in [5.41, 5.74) is -1.00. The van der Waals surface area contributed by atoms with Crippen LogP contribution < -0.4 is 10.2 Å². The van der Waals surface area contributed by atoms with Crippen LogP contribution in [0.1, 0.15) is 13.8 Å². The number of phenols is 3. The predicted octanol–water partition coefficient (Wildman–Crippen LogP) is -0.822. The van der Waals surface area contributed by atoms with Gasteiger partial charge in [-0.1, -0.05) is 0 Å². The topological polar surface area (TPSA) is 255 Å². The van der Waals surface area contributed by atoms with Gasteiger partial charge in [0.1, 0.15) is 77.6 Å². The second kappa shape index (κ2) is 12.8. The van der Waals surface area contributed by atoms with E-state index >= 15 is 0 Å². The largest absolute Gasteiger partial charge is 0.508 e. The normalized spacial score (nSPS) is 30.7. The third-order valence-corrected chi connectivity index (χ3v) is 7.40. The zero-order valence-corrected chi connectivity index (χ0v) is 23.8. The number of fused-ring (bicyclic) bond motifs is 1. The van der Waals surface area contributed by atoms with Crippen LogP contribution in [0.15, 0.2) is 45.6 Å². The number of carbonyl (C=O) groups excluding carboxylic acids is 1. The van der Waals surface area contributed by atoms with Gasteiger partial charge in [-0.3, -0.25) is 9.59 Å². The Labute approximate surface area is 253 Å². The van der Waals surface area contributed by atoms with Gasteiger partial charge in [0.15, 0.2) is 12.1 Å². The number of carbonyl (C=O) groups is 1. The fourth-order valence-corrected chi connectivity index (χ4v) is 5.14. The number of hydrogen-bond donors (Lipinski definition) is 8. The molecule has 10 atom stereocenters. The quantitative estimate of drug-likeness (QED) is 0.141. The van der Waals surface area contributed by atoms with Gasteiger partial charge in [0, 0.05) is 24.6 Å². The maximum Gasteiger partial charge on any atom is 0.302 e. The minimum atomic E-state index is -1.98. The second-order valence-corrected chi connectivity index (χ2v) is 10.7. The molecule has 2 aliphatic rings. The van der Waals surface area contributed by atoms with E-state index in [9.17, 15) is 50.4 Å². The van der Waals surface area contributed by atoms with Crippen LogP contribution in [0.5, 0.6) is 23.0 Å². The summed E-state index contributed by atoms with van der Waals surface area (Å²) in [5, 5.41) is 82.4. The van der Waals surface area contributed by atoms with E-state index in [1.54, 1.807) is 0 Å². The van der Waals surface area contributed by atoms with Gasteiger partial charge in [-0.25, -0.2) is 0 Å². The van der Waals surface area contributed by atoms with Crippen LogP contribution in [-0.2, 0) is 23.7 Å². The van der Waals surface area contributed by atoms with Crippen molar-refractivity contribution in [2.24, 2.45) is 0 Å². The minimum absolute atomic E-state index is 0.114. The van der Waals surface area contributed by atoms with Gasteiger partial charge in [-0.05, 0) is 31.2 Å². The zero-order chi connectivity index (χ0) is 32.7. The molecule has 16 nitrogen and oxygen atoms in total. The molecule has 2 saturated heterocycles. The van der Waals surface area contributed by atoms with Crippen LogP contribution in [0.4, 0.5) is 0 Å². The van der Waals surface area contributed by atoms with E-state index in [0.717, 1.165) is 19.1 Å². The molecule has 10 unspecified atom stereocenters. The van der Waals surface area contributed by atoms with Gasteiger partial charge in [0.25, 0.3) is 0 Å². The molecule has 244 valence electrons. The molecule has 0 spiro atoms. The van der Waals surface area contributed by atoms with Gasteiger partial charge in [-0.2, -0.15) is 0 Å². The van der Waals surface area contributed by atoms with Crippen LogP contribution >= 0.6 is 0 Å². The molecule has 16 heteroatoms. The molecule has 0 bridgehead atoms. The van der Waals surface area contributed by atoms with Crippen LogP contribution in [-0.4, -0.2) is 115 Å². The van der Waals surface area contributed by atoms with Crippen molar-refractivity contribution in [3.63, 3.8) is 0 Å². The van der Waals surface area contributed by atoms with Gasteiger partial charge in [0.2, 0.25) is 17.5 Å². The third kappa shape index (κ3) is 6.40. The van der Waals surface area contributed by atoms with Crippen molar-refractivity contribution in [3.05, 3.63) is 46.6 Å². The van der Waals surface area contributed by atoms with Crippen molar-refractivity contribution >= 4 is 16.9 Å². The lowest BCUT2D eigenvalue weighted by atomic mass is 9.98. The standard InChI is InChI=1S/C29H32O16/c1-10(30)24-20(36)22(38)29(43-24)44-26-17(9-40-11(2)31)42-28(23(39)21(26)37)45-27-19(35)18-15(34)7-14(33)8-16(18)41-25(27)12-3-5-13(32)6-4-12/h3-8,10,17,20-24,26,28-30,32-34,36-39H,9H2,1-2H3. The van der Waals surface area contributed by atoms with Crippen LogP contribution in [0.2, 0.25) is 0 Å². The van der Waals surface area contributed by atoms with E-state index < -0.39 is 102 Å². The minimum Gasteiger partial charge on any atom is -0.508 e. The first-order valence-corrected chi connectivity index (χ1v) is 13.8. The molecule has 3 aromatic rings. The molecule has 0 saturated carbocycles. The van der Waals surface area contributed by atoms with Gasteiger partial charge >= 0.3 is 5.97 Å². The zero-order valence-electron chi connectivity index (χ0n) is 23.8. The van der Waals surface area contributed by atoms with E-state index in [1.165, 1.54) is 31.2 Å². The van der Waals surface area contributed by atoms with Gasteiger partial charge in [0.05, 0.1) is 6.10 Å². The molecule has 3 heterocycles. The molecule has 2 aromatic carbocycles. The smallest absolute Gasteiger partial charge is 0.302 e. The lowest BCUT2D eigenvalue weighted by molar-refractivity contribution is -0.316. The summed E-state index contributed by atoms with van der Waals surface area (Å²) in [6.07, 6.45) is -16.1. The first-order valence-electron chi connectivity index (χ1n) is 13.8. The maximum atomic E-state index is 13.7. The summed E-state index contributed by atoms with van der Waals surface area (Å²) in [4.78, 5) is 25.3. The Morgan fingerprint density at radius 1 is 0.911 bits per heavy atom. The Morgan fingerprint density at radius 2 is 1.58 bits per heavy atom. The molecular formula is C29H32O16. The van der Waals surface area contributed by atoms with Crippen molar-refractivity contribution < 1.29 is 73.7 Å². The SMILES string of the molecule is CC(=O)OCC1OC(Oc2c(-c3ccc(O)cc3)oc3cc(O)cc(O)c3c2=O)C(O)C(O)C1OC1OC(C(C)O)C(O)C1O. The number of aliphatic hydroxyl groups excluding tert-OH is 5. The molecule has 45 heavy (non-hydrogen) atoms. The fourth-order valence-electron chi connectivity index (χ4n) is 5.14. The highest BCUT2D eigenvalue weighted by atomic mass is 16.7. The first-order chi connectivity index (χ1) is 21.3. The highest BCUT2D eigenvalue weighted by Crippen LogP contribution is 2.38. The summed E-state index contributed by atoms with van der Waals surface area (Å²) in [6, 6.07) is 7.29. The lowest BCUT2D eigenvalue weighted by Gasteiger charge is -2.42. The number of benzene rings is 2. The molecule has 0 amide bonds. The number of phenolic OH excluding ortho intramolecular Hbond substituents is 3. The molecule has 1 aromatic heterocycles. The number of hydrogen-bond acceptors (Lipinski definition) is 16. The Kier molecular flexibility index (Phi) is 9.20. The van der Waals surface area contributed by atoms with E-state index in [0.29, 0.717) is 0 Å². The van der Waals surface area contributed by atoms with E-state index in [-0.39, 0.29) is 22.7 Å². The van der Waals surface area contributed by atoms with Crippen LogP contribution in [0.3, 0.4) is 0 Å². The van der Waals surface area contributed by atoms with E-state index in [2.05, 4.69) is 0 Å². The third-order valence-electron chi connectivity index (χ3n) is 7.40. The van der Waals surface area contributed by atoms with E-state index in [1.807, 2.05) is 0 Å². The van der Waals surface area contributed by atoms with Crippen molar-refractivity contribution in [2.75, 3.05) is 6.61 Å². The average Bonchev–Trinajstić information content (AvgIpc) is 3.26. The molecule has 8 N–H and O–H groups in total. The van der Waals surface area contributed by atoms with Gasteiger partial charge < -0.3 is 69.0 Å². The number of rotatable bonds is 8. The summed E-state index contributed by atoms with van der Waals surface area (Å²) < 4.78 is 33.5. The molecular weight excluding hydrogens is 604 g/mol. The highest BCUT2D eigenvalue weighted by molar-refractivity contribution is 5.88. The highest BCUT2D eigenvalue weighted by Gasteiger charge is 2.52. The first kappa shape index (κ1) is 32.4. The van der Waals surface area contributed by atoms with Gasteiger partial charge in [-0.15, -0.1) is 0 Å². The van der Waals surface area contributed by atoms with Crippen LogP contribution in [0, 0.1) is 0 Å². The van der Waals surface area contributed by atoms with Crippen molar-refractivity contribution in [2.45, 2.75) is 75.3 Å². The van der Waals surface area contributed by atoms with Crippen molar-refractivity contribution in [1.29, 1.82) is 0 Å². The molecule has 2 fully saturated rings. The summed E-state index contributed by atoms with van der Waals surface area (Å²) in [5.74, 6) is -2.80. The number of ether oxygens (including phenoxy) is 5.